The maximum absolute atomic E-state index is 14.6. The van der Waals surface area contributed by atoms with Gasteiger partial charge in [0.1, 0.15) is 5.75 Å². The standard InChI is InChI=1S/C21H17ClF3NO/c1-27-19-12-10-18(11-13-19)26-20(21(23,24)25,15-6-3-2-4-7-15)16-8-5-9-17(22)14-16/h2-14,26H,1H3. The first-order valence-electron chi connectivity index (χ1n) is 8.17. The molecule has 1 unspecified atom stereocenters. The van der Waals surface area contributed by atoms with E-state index in [9.17, 15) is 13.2 Å². The second-order valence-corrected chi connectivity index (χ2v) is 6.41. The minimum Gasteiger partial charge on any atom is -0.497 e. The van der Waals surface area contributed by atoms with Gasteiger partial charge in [0.2, 0.25) is 0 Å². The van der Waals surface area contributed by atoms with Crippen LogP contribution in [0.2, 0.25) is 5.02 Å². The zero-order chi connectivity index (χ0) is 19.5. The molecule has 3 rings (SSSR count). The number of halogens is 4. The number of rotatable bonds is 5. The van der Waals surface area contributed by atoms with Crippen molar-refractivity contribution < 1.29 is 17.9 Å². The molecule has 0 fully saturated rings. The first-order chi connectivity index (χ1) is 12.9. The van der Waals surface area contributed by atoms with Crippen molar-refractivity contribution in [3.63, 3.8) is 0 Å². The topological polar surface area (TPSA) is 21.3 Å². The zero-order valence-electron chi connectivity index (χ0n) is 14.4. The van der Waals surface area contributed by atoms with Crippen LogP contribution in [0.4, 0.5) is 18.9 Å². The molecule has 2 nitrogen and oxygen atoms in total. The Morgan fingerprint density at radius 1 is 0.815 bits per heavy atom. The van der Waals surface area contributed by atoms with Crippen molar-refractivity contribution >= 4 is 17.3 Å². The molecule has 6 heteroatoms. The molecule has 27 heavy (non-hydrogen) atoms. The van der Waals surface area contributed by atoms with Crippen LogP contribution in [0, 0.1) is 0 Å². The van der Waals surface area contributed by atoms with Crippen LogP contribution in [0.25, 0.3) is 0 Å². The summed E-state index contributed by atoms with van der Waals surface area (Å²) in [6, 6.07) is 19.8. The summed E-state index contributed by atoms with van der Waals surface area (Å²) in [5.41, 5.74) is -2.09. The van der Waals surface area contributed by atoms with E-state index in [0.29, 0.717) is 11.4 Å². The molecule has 1 N–H and O–H groups in total. The molecular formula is C21H17ClF3NO. The molecule has 0 saturated heterocycles. The van der Waals surface area contributed by atoms with Crippen molar-refractivity contribution in [3.05, 3.63) is 95.0 Å². The summed E-state index contributed by atoms with van der Waals surface area (Å²) in [5.74, 6) is 0.556. The third-order valence-electron chi connectivity index (χ3n) is 4.31. The normalized spacial score (nSPS) is 13.7. The van der Waals surface area contributed by atoms with E-state index in [-0.39, 0.29) is 16.1 Å². The second-order valence-electron chi connectivity index (χ2n) is 5.98. The monoisotopic (exact) mass is 391 g/mol. The lowest BCUT2D eigenvalue weighted by Gasteiger charge is -2.38. The van der Waals surface area contributed by atoms with Gasteiger partial charge in [-0.2, -0.15) is 13.2 Å². The van der Waals surface area contributed by atoms with E-state index in [0.717, 1.165) is 0 Å². The van der Waals surface area contributed by atoms with Crippen LogP contribution in [-0.4, -0.2) is 13.3 Å². The molecule has 0 aliphatic heterocycles. The Morgan fingerprint density at radius 2 is 1.44 bits per heavy atom. The minimum atomic E-state index is -4.64. The fourth-order valence-corrected chi connectivity index (χ4v) is 3.20. The summed E-state index contributed by atoms with van der Waals surface area (Å²) in [6.45, 7) is 0. The lowest BCUT2D eigenvalue weighted by Crippen LogP contribution is -2.50. The molecule has 0 amide bonds. The van der Waals surface area contributed by atoms with Crippen LogP contribution < -0.4 is 10.1 Å². The summed E-state index contributed by atoms with van der Waals surface area (Å²) < 4.78 is 48.8. The van der Waals surface area contributed by atoms with Crippen molar-refractivity contribution in [2.75, 3.05) is 12.4 Å². The van der Waals surface area contributed by atoms with Crippen LogP contribution in [0.1, 0.15) is 11.1 Å². The SMILES string of the molecule is COc1ccc(NC(c2ccccc2)(c2cccc(Cl)c2)C(F)(F)F)cc1. The number of alkyl halides is 3. The van der Waals surface area contributed by atoms with Gasteiger partial charge in [-0.25, -0.2) is 0 Å². The van der Waals surface area contributed by atoms with Gasteiger partial charge in [0.15, 0.2) is 5.54 Å². The Hall–Kier alpha value is -2.66. The molecule has 1 atom stereocenters. The summed E-state index contributed by atoms with van der Waals surface area (Å²) >= 11 is 6.02. The van der Waals surface area contributed by atoms with Crippen molar-refractivity contribution in [2.24, 2.45) is 0 Å². The quantitative estimate of drug-likeness (QED) is 0.553. The minimum absolute atomic E-state index is 0.00418. The zero-order valence-corrected chi connectivity index (χ0v) is 15.2. The van der Waals surface area contributed by atoms with Crippen LogP contribution in [0.5, 0.6) is 5.75 Å². The number of ether oxygens (including phenoxy) is 1. The van der Waals surface area contributed by atoms with Crippen molar-refractivity contribution in [1.29, 1.82) is 0 Å². The number of hydrogen-bond donors (Lipinski definition) is 1. The molecule has 140 valence electrons. The summed E-state index contributed by atoms with van der Waals surface area (Å²) in [4.78, 5) is 0. The van der Waals surface area contributed by atoms with Crippen LogP contribution in [0.15, 0.2) is 78.9 Å². The second kappa shape index (κ2) is 7.53. The fraction of sp³-hybridized carbons (Fsp3) is 0.143. The van der Waals surface area contributed by atoms with E-state index >= 15 is 0 Å². The number of benzene rings is 3. The molecule has 0 heterocycles. The highest BCUT2D eigenvalue weighted by Gasteiger charge is 2.57. The van der Waals surface area contributed by atoms with Gasteiger partial charge in [0.25, 0.3) is 0 Å². The van der Waals surface area contributed by atoms with Gasteiger partial charge >= 0.3 is 6.18 Å². The summed E-state index contributed by atoms with van der Waals surface area (Å²) in [7, 11) is 1.50. The molecule has 0 radical (unpaired) electrons. The maximum atomic E-state index is 14.6. The Labute approximate surface area is 160 Å². The highest BCUT2D eigenvalue weighted by molar-refractivity contribution is 6.30. The van der Waals surface area contributed by atoms with Crippen LogP contribution >= 0.6 is 11.6 Å². The molecule has 0 aliphatic carbocycles. The Morgan fingerprint density at radius 3 is 2.00 bits per heavy atom. The van der Waals surface area contributed by atoms with Gasteiger partial charge in [0.05, 0.1) is 7.11 Å². The number of anilines is 1. The molecule has 0 saturated carbocycles. The number of nitrogens with one attached hydrogen (secondary N) is 1. The molecule has 3 aromatic rings. The Balaban J connectivity index is 2.23. The molecule has 0 bridgehead atoms. The van der Waals surface area contributed by atoms with Gasteiger partial charge in [-0.05, 0) is 47.5 Å². The molecule has 0 aliphatic rings. The highest BCUT2D eigenvalue weighted by Crippen LogP contribution is 2.47. The average Bonchev–Trinajstić information content (AvgIpc) is 2.66. The van der Waals surface area contributed by atoms with Gasteiger partial charge in [-0.3, -0.25) is 0 Å². The Kier molecular flexibility index (Phi) is 5.33. The van der Waals surface area contributed by atoms with E-state index in [2.05, 4.69) is 5.32 Å². The Bertz CT molecular complexity index is 897. The van der Waals surface area contributed by atoms with Gasteiger partial charge < -0.3 is 10.1 Å². The van der Waals surface area contributed by atoms with Crippen molar-refractivity contribution in [2.45, 2.75) is 11.7 Å². The lowest BCUT2D eigenvalue weighted by molar-refractivity contribution is -0.170. The molecule has 3 aromatic carbocycles. The molecule has 0 aromatic heterocycles. The smallest absolute Gasteiger partial charge is 0.420 e. The largest absolute Gasteiger partial charge is 0.497 e. The summed E-state index contributed by atoms with van der Waals surface area (Å²) in [6.07, 6.45) is -4.64. The van der Waals surface area contributed by atoms with Gasteiger partial charge in [-0.1, -0.05) is 54.1 Å². The van der Waals surface area contributed by atoms with E-state index in [1.807, 2.05) is 0 Å². The van der Waals surface area contributed by atoms with Crippen LogP contribution in [0.3, 0.4) is 0 Å². The van der Waals surface area contributed by atoms with E-state index in [1.54, 1.807) is 48.5 Å². The third kappa shape index (κ3) is 3.74. The van der Waals surface area contributed by atoms with Crippen LogP contribution in [-0.2, 0) is 5.54 Å². The average molecular weight is 392 g/mol. The number of methoxy groups -OCH3 is 1. The predicted octanol–water partition coefficient (Wildman–Crippen LogP) is 6.27. The summed E-state index contributed by atoms with van der Waals surface area (Å²) in [5, 5.41) is 2.93. The van der Waals surface area contributed by atoms with Crippen molar-refractivity contribution in [3.8, 4) is 5.75 Å². The first-order valence-corrected chi connectivity index (χ1v) is 8.55. The third-order valence-corrected chi connectivity index (χ3v) is 4.55. The predicted molar refractivity (Wildman–Crippen MR) is 101 cm³/mol. The highest BCUT2D eigenvalue weighted by atomic mass is 35.5. The van der Waals surface area contributed by atoms with E-state index < -0.39 is 11.7 Å². The maximum Gasteiger partial charge on any atom is 0.420 e. The van der Waals surface area contributed by atoms with Gasteiger partial charge in [-0.15, -0.1) is 0 Å². The van der Waals surface area contributed by atoms with E-state index in [1.165, 1.54) is 37.4 Å². The molecular weight excluding hydrogens is 375 g/mol. The lowest BCUT2D eigenvalue weighted by atomic mass is 9.81. The first kappa shape index (κ1) is 19.1. The van der Waals surface area contributed by atoms with Crippen molar-refractivity contribution in [1.82, 2.24) is 0 Å². The van der Waals surface area contributed by atoms with E-state index in [4.69, 9.17) is 16.3 Å². The number of hydrogen-bond acceptors (Lipinski definition) is 2. The molecule has 0 spiro atoms. The van der Waals surface area contributed by atoms with Gasteiger partial charge in [0, 0.05) is 10.7 Å². The fourth-order valence-electron chi connectivity index (χ4n) is 3.01.